The van der Waals surface area contributed by atoms with Gasteiger partial charge in [-0.05, 0) is 37.6 Å². The van der Waals surface area contributed by atoms with Crippen molar-refractivity contribution < 1.29 is 9.90 Å². The molecule has 0 bridgehead atoms. The van der Waals surface area contributed by atoms with Crippen LogP contribution in [0.4, 0.5) is 11.4 Å². The largest absolute Gasteiger partial charge is 0.396 e. The van der Waals surface area contributed by atoms with Crippen LogP contribution in [0.5, 0.6) is 0 Å². The molecule has 0 radical (unpaired) electrons. The molecule has 4 heteroatoms. The first-order valence-corrected chi connectivity index (χ1v) is 7.54. The molecule has 1 aliphatic heterocycles. The van der Waals surface area contributed by atoms with Crippen LogP contribution in [-0.4, -0.2) is 35.7 Å². The zero-order valence-corrected chi connectivity index (χ0v) is 12.7. The first kappa shape index (κ1) is 14.6. The number of benzene rings is 2. The molecule has 4 nitrogen and oxygen atoms in total. The van der Waals surface area contributed by atoms with E-state index in [4.69, 9.17) is 5.11 Å². The number of nitrogens with zero attached hydrogens (tertiary/aromatic N) is 2. The highest BCUT2D eigenvalue weighted by molar-refractivity contribution is 6.02. The number of hydrogen-bond donors (Lipinski definition) is 1. The normalized spacial score (nSPS) is 14.2. The van der Waals surface area contributed by atoms with Gasteiger partial charge in [0.15, 0.2) is 0 Å². The van der Waals surface area contributed by atoms with E-state index in [1.165, 1.54) is 0 Å². The summed E-state index contributed by atoms with van der Waals surface area (Å²) in [6.45, 7) is 3.16. The molecule has 3 rings (SSSR count). The number of amides is 1. The van der Waals surface area contributed by atoms with Gasteiger partial charge < -0.3 is 14.9 Å². The van der Waals surface area contributed by atoms with Gasteiger partial charge in [-0.3, -0.25) is 4.79 Å². The third-order valence-electron chi connectivity index (χ3n) is 3.93. The van der Waals surface area contributed by atoms with Crippen LogP contribution in [0.3, 0.4) is 0 Å². The van der Waals surface area contributed by atoms with Crippen LogP contribution in [0.25, 0.3) is 0 Å². The second-order valence-corrected chi connectivity index (χ2v) is 5.57. The smallest absolute Gasteiger partial charge is 0.257 e. The number of anilines is 2. The van der Waals surface area contributed by atoms with Crippen molar-refractivity contribution in [3.8, 4) is 0 Å². The molecule has 2 aromatic rings. The predicted molar refractivity (Wildman–Crippen MR) is 87.4 cm³/mol. The molecule has 0 atom stereocenters. The van der Waals surface area contributed by atoms with Gasteiger partial charge in [0.05, 0.1) is 17.9 Å². The first-order valence-electron chi connectivity index (χ1n) is 7.54. The molecule has 0 aromatic heterocycles. The third kappa shape index (κ3) is 2.70. The lowest BCUT2D eigenvalue weighted by molar-refractivity contribution is 0.0736. The number of rotatable bonds is 4. The zero-order valence-electron chi connectivity index (χ0n) is 12.7. The van der Waals surface area contributed by atoms with E-state index >= 15 is 0 Å². The van der Waals surface area contributed by atoms with Crippen LogP contribution < -0.4 is 4.90 Å². The number of hydrogen-bond acceptors (Lipinski definition) is 3. The number of fused-ring (bicyclic) bond motifs is 1. The van der Waals surface area contributed by atoms with Crippen LogP contribution in [0.15, 0.2) is 48.5 Å². The number of carbonyl (C=O) groups is 1. The number of carbonyl (C=O) groups excluding carboxylic acids is 1. The zero-order chi connectivity index (χ0) is 15.5. The fourth-order valence-electron chi connectivity index (χ4n) is 2.80. The molecule has 1 amide bonds. The molecule has 22 heavy (non-hydrogen) atoms. The van der Waals surface area contributed by atoms with E-state index in [-0.39, 0.29) is 12.5 Å². The maximum absolute atomic E-state index is 12.7. The Morgan fingerprint density at radius 1 is 1.14 bits per heavy atom. The van der Waals surface area contributed by atoms with Gasteiger partial charge in [-0.1, -0.05) is 29.8 Å². The van der Waals surface area contributed by atoms with E-state index < -0.39 is 0 Å². The van der Waals surface area contributed by atoms with Crippen molar-refractivity contribution in [1.82, 2.24) is 4.90 Å². The van der Waals surface area contributed by atoms with Crippen LogP contribution in [0.2, 0.25) is 0 Å². The summed E-state index contributed by atoms with van der Waals surface area (Å²) in [7, 11) is 0. The van der Waals surface area contributed by atoms with Gasteiger partial charge in [-0.25, -0.2) is 0 Å². The lowest BCUT2D eigenvalue weighted by Gasteiger charge is -2.38. The second-order valence-electron chi connectivity index (χ2n) is 5.57. The predicted octanol–water partition coefficient (Wildman–Crippen LogP) is 2.93. The average Bonchev–Trinajstić information content (AvgIpc) is 2.55. The van der Waals surface area contributed by atoms with E-state index in [1.54, 1.807) is 4.90 Å². The van der Waals surface area contributed by atoms with Gasteiger partial charge in [-0.15, -0.1) is 0 Å². The number of aryl methyl sites for hydroxylation is 1. The maximum atomic E-state index is 12.7. The van der Waals surface area contributed by atoms with Gasteiger partial charge in [0.2, 0.25) is 0 Å². The molecule has 0 aliphatic carbocycles. The highest BCUT2D eigenvalue weighted by atomic mass is 16.3. The minimum Gasteiger partial charge on any atom is -0.396 e. The molecule has 1 heterocycles. The van der Waals surface area contributed by atoms with Gasteiger partial charge in [0, 0.05) is 18.8 Å². The summed E-state index contributed by atoms with van der Waals surface area (Å²) in [5, 5.41) is 9.05. The molecule has 0 fully saturated rings. The Kier molecular flexibility index (Phi) is 4.11. The molecule has 0 saturated heterocycles. The topological polar surface area (TPSA) is 43.8 Å². The maximum Gasteiger partial charge on any atom is 0.257 e. The highest BCUT2D eigenvalue weighted by Gasteiger charge is 2.29. The Morgan fingerprint density at radius 2 is 1.91 bits per heavy atom. The molecule has 1 N–H and O–H groups in total. The second kappa shape index (κ2) is 6.20. The molecular weight excluding hydrogens is 276 g/mol. The van der Waals surface area contributed by atoms with Crippen molar-refractivity contribution >= 4 is 17.3 Å². The van der Waals surface area contributed by atoms with Crippen molar-refractivity contribution in [2.75, 3.05) is 24.7 Å². The summed E-state index contributed by atoms with van der Waals surface area (Å²) < 4.78 is 0. The van der Waals surface area contributed by atoms with Gasteiger partial charge in [0.1, 0.15) is 0 Å². The Hall–Kier alpha value is -2.33. The van der Waals surface area contributed by atoms with E-state index in [9.17, 15) is 4.79 Å². The fraction of sp³-hybridized carbons (Fsp3) is 0.278. The van der Waals surface area contributed by atoms with Crippen LogP contribution in [0.1, 0.15) is 22.3 Å². The van der Waals surface area contributed by atoms with Gasteiger partial charge >= 0.3 is 0 Å². The molecular formula is C18H20N2O2. The summed E-state index contributed by atoms with van der Waals surface area (Å²) in [4.78, 5) is 16.6. The molecule has 114 valence electrons. The fourth-order valence-corrected chi connectivity index (χ4v) is 2.80. The molecule has 0 unspecified atom stereocenters. The van der Waals surface area contributed by atoms with Gasteiger partial charge in [-0.2, -0.15) is 0 Å². The number of aliphatic hydroxyl groups is 1. The molecule has 0 spiro atoms. The van der Waals surface area contributed by atoms with Crippen molar-refractivity contribution in [2.24, 2.45) is 0 Å². The molecule has 1 aliphatic rings. The van der Waals surface area contributed by atoms with Crippen LogP contribution in [-0.2, 0) is 0 Å². The highest BCUT2D eigenvalue weighted by Crippen LogP contribution is 2.34. The SMILES string of the molecule is Cc1ccc2c(c1)C(=O)N(CCCO)CN2c1ccccc1. The van der Waals surface area contributed by atoms with E-state index in [1.807, 2.05) is 55.5 Å². The first-order chi connectivity index (χ1) is 10.7. The van der Waals surface area contributed by atoms with Crippen molar-refractivity contribution in [3.63, 3.8) is 0 Å². The van der Waals surface area contributed by atoms with Crippen molar-refractivity contribution in [1.29, 1.82) is 0 Å². The van der Waals surface area contributed by atoms with Crippen molar-refractivity contribution in [2.45, 2.75) is 13.3 Å². The summed E-state index contributed by atoms with van der Waals surface area (Å²) in [5.74, 6) is 0.0410. The average molecular weight is 296 g/mol. The molecule has 0 saturated carbocycles. The standard InChI is InChI=1S/C18H20N2O2/c1-14-8-9-17-16(12-14)18(22)19(10-5-11-21)13-20(17)15-6-3-2-4-7-15/h2-4,6-9,12,21H,5,10-11,13H2,1H3. The minimum absolute atomic E-state index is 0.0410. The van der Waals surface area contributed by atoms with Crippen molar-refractivity contribution in [3.05, 3.63) is 59.7 Å². The van der Waals surface area contributed by atoms with E-state index in [0.29, 0.717) is 19.6 Å². The summed E-state index contributed by atoms with van der Waals surface area (Å²) in [5.41, 5.74) is 3.81. The Bertz CT molecular complexity index is 670. The summed E-state index contributed by atoms with van der Waals surface area (Å²) in [6, 6.07) is 16.1. The summed E-state index contributed by atoms with van der Waals surface area (Å²) >= 11 is 0. The Balaban J connectivity index is 2.03. The van der Waals surface area contributed by atoms with Gasteiger partial charge in [0.25, 0.3) is 5.91 Å². The third-order valence-corrected chi connectivity index (χ3v) is 3.93. The number of aliphatic hydroxyl groups excluding tert-OH is 1. The summed E-state index contributed by atoms with van der Waals surface area (Å²) in [6.07, 6.45) is 0.593. The monoisotopic (exact) mass is 296 g/mol. The Morgan fingerprint density at radius 3 is 2.64 bits per heavy atom. The lowest BCUT2D eigenvalue weighted by Crippen LogP contribution is -2.45. The Labute approximate surface area is 130 Å². The van der Waals surface area contributed by atoms with Crippen LogP contribution in [0, 0.1) is 6.92 Å². The quantitative estimate of drug-likeness (QED) is 0.943. The number of para-hydroxylation sites is 1. The lowest BCUT2D eigenvalue weighted by atomic mass is 10.0. The van der Waals surface area contributed by atoms with E-state index in [2.05, 4.69) is 4.90 Å². The van der Waals surface area contributed by atoms with E-state index in [0.717, 1.165) is 22.5 Å². The minimum atomic E-state index is 0.0410. The molecule has 2 aromatic carbocycles. The van der Waals surface area contributed by atoms with Crippen LogP contribution >= 0.6 is 0 Å².